The van der Waals surface area contributed by atoms with E-state index in [0.717, 1.165) is 0 Å². The van der Waals surface area contributed by atoms with Crippen LogP contribution >= 0.6 is 0 Å². The Bertz CT molecular complexity index is 10.8. The van der Waals surface area contributed by atoms with Gasteiger partial charge in [0.25, 0.3) is 0 Å². The van der Waals surface area contributed by atoms with Crippen LogP contribution in [0, 0.1) is 33.5 Å². The normalized spacial score (nSPS) is 6.25. The minimum atomic E-state index is -1.00. The van der Waals surface area contributed by atoms with Gasteiger partial charge in [0.15, 0.2) is 0 Å². The third-order valence-electron chi connectivity index (χ3n) is 0. The van der Waals surface area contributed by atoms with E-state index in [9.17, 15) is 0 Å². The standard InChI is InChI=1S/BH2O2.La/c2-1-3;/h2-3H;/q+1;-1. The van der Waals surface area contributed by atoms with Crippen LogP contribution in [0.25, 0.3) is 0 Å². The quantitative estimate of drug-likeness (QED) is 0.450. The van der Waals surface area contributed by atoms with Crippen LogP contribution in [0.1, 0.15) is 0 Å². The fourth-order valence-corrected chi connectivity index (χ4v) is 0. The molecule has 0 fully saturated rings. The zero-order chi connectivity index (χ0) is 3.58. The Kier molecular flexibility index (Phi) is 3.13. The molecule has 0 radical (unpaired) electrons. The average Bonchev–Trinajstić information content (AvgIpc) is 0.811. The molecular weight excluding hydrogens is 182 g/mol. The molecule has 0 bridgehead atoms. The maximum atomic E-state index is 7.69. The summed E-state index contributed by atoms with van der Waals surface area (Å²) >= 11 is 0.296. The first-order chi connectivity index (χ1) is 1.73. The number of hydrogen-bond donors (Lipinski definition) is 2. The van der Waals surface area contributed by atoms with Gasteiger partial charge >= 0.3 is 46.8 Å². The maximum absolute atomic E-state index is 7.69. The Balaban J connectivity index is 2.32. The van der Waals surface area contributed by atoms with Crippen LogP contribution in [0.4, 0.5) is 0 Å². The van der Waals surface area contributed by atoms with Gasteiger partial charge in [-0.25, -0.2) is 0 Å². The van der Waals surface area contributed by atoms with Gasteiger partial charge in [-0.3, -0.25) is 0 Å². The van der Waals surface area contributed by atoms with E-state index in [1.165, 1.54) is 0 Å². The zero-order valence-corrected chi connectivity index (χ0v) is 5.67. The Labute approximate surface area is 46.5 Å². The van der Waals surface area contributed by atoms with Crippen molar-refractivity contribution in [2.24, 2.45) is 0 Å². The van der Waals surface area contributed by atoms with Crippen molar-refractivity contribution < 1.29 is 43.5 Å². The summed E-state index contributed by atoms with van der Waals surface area (Å²) in [6.45, 7) is 0. The van der Waals surface area contributed by atoms with Crippen molar-refractivity contribution in [3.63, 3.8) is 0 Å². The third-order valence-corrected chi connectivity index (χ3v) is 0. The summed E-state index contributed by atoms with van der Waals surface area (Å²) in [6, 6.07) is 0. The van der Waals surface area contributed by atoms with Gasteiger partial charge in [0.1, 0.15) is 0 Å². The molecular formula is H2BLaO2. The first-order valence-electron chi connectivity index (χ1n) is 0.850. The molecule has 0 spiro atoms. The van der Waals surface area contributed by atoms with Crippen molar-refractivity contribution in [2.45, 2.75) is 0 Å². The Morgan fingerprint density at radius 3 is 1.50 bits per heavy atom. The fourth-order valence-electron chi connectivity index (χ4n) is 0. The Morgan fingerprint density at radius 1 is 1.50 bits per heavy atom. The molecule has 0 saturated carbocycles. The van der Waals surface area contributed by atoms with E-state index in [1.807, 2.05) is 0 Å². The second-order valence-corrected chi connectivity index (χ2v) is 2.29. The molecule has 4 heavy (non-hydrogen) atoms. The first kappa shape index (κ1) is 5.18. The monoisotopic (exact) mass is 184 g/mol. The van der Waals surface area contributed by atoms with Crippen molar-refractivity contribution in [1.29, 1.82) is 0 Å². The van der Waals surface area contributed by atoms with Crippen LogP contribution in [0.15, 0.2) is 0 Å². The average molecular weight is 184 g/mol. The van der Waals surface area contributed by atoms with Gasteiger partial charge in [-0.1, -0.05) is 0 Å². The summed E-state index contributed by atoms with van der Waals surface area (Å²) in [6.07, 6.45) is 0. The molecule has 20 valence electrons. The SMILES string of the molecule is O[B](O)[La]. The molecule has 2 nitrogen and oxygen atoms in total. The third kappa shape index (κ3) is 10.9. The molecule has 0 unspecified atom stereocenters. The summed E-state index contributed by atoms with van der Waals surface area (Å²) in [4.78, 5) is 0. The van der Waals surface area contributed by atoms with E-state index in [1.54, 1.807) is 0 Å². The number of hydrogen-bond acceptors (Lipinski definition) is 2. The molecule has 0 rings (SSSR count). The van der Waals surface area contributed by atoms with Gasteiger partial charge < -0.3 is 0 Å². The predicted molar refractivity (Wildman–Crippen MR) is 10.2 cm³/mol. The van der Waals surface area contributed by atoms with E-state index in [4.69, 9.17) is 10.0 Å². The Hall–Kier alpha value is 1.18. The fraction of sp³-hybridized carbons (Fsp3) is 0. The van der Waals surface area contributed by atoms with Gasteiger partial charge in [0, 0.05) is 0 Å². The van der Waals surface area contributed by atoms with Crippen LogP contribution in [0.3, 0.4) is 0 Å². The summed E-state index contributed by atoms with van der Waals surface area (Å²) in [7, 11) is 0. The van der Waals surface area contributed by atoms with E-state index < -0.39 is 3.26 Å². The van der Waals surface area contributed by atoms with E-state index in [-0.39, 0.29) is 0 Å². The summed E-state index contributed by atoms with van der Waals surface area (Å²) < 4.78 is -1.00. The molecule has 2 N–H and O–H groups in total. The molecule has 0 aromatic rings. The molecule has 0 atom stereocenters. The van der Waals surface area contributed by atoms with Crippen LogP contribution in [0.5, 0.6) is 0 Å². The molecule has 0 aromatic carbocycles. The topological polar surface area (TPSA) is 40.5 Å². The van der Waals surface area contributed by atoms with Gasteiger partial charge in [-0.15, -0.1) is 0 Å². The summed E-state index contributed by atoms with van der Waals surface area (Å²) in [5.41, 5.74) is 0. The second kappa shape index (κ2) is 2.42. The minimum absolute atomic E-state index is 0.296. The van der Waals surface area contributed by atoms with Gasteiger partial charge in [-0.2, -0.15) is 0 Å². The van der Waals surface area contributed by atoms with Gasteiger partial charge in [0.05, 0.1) is 0 Å². The molecule has 0 aliphatic rings. The van der Waals surface area contributed by atoms with E-state index in [2.05, 4.69) is 0 Å². The van der Waals surface area contributed by atoms with Crippen molar-refractivity contribution in [3.8, 4) is 0 Å². The Morgan fingerprint density at radius 2 is 1.50 bits per heavy atom. The summed E-state index contributed by atoms with van der Waals surface area (Å²) in [5, 5.41) is 15.4. The zero-order valence-electron chi connectivity index (χ0n) is 2.05. The van der Waals surface area contributed by atoms with Crippen LogP contribution in [0.2, 0.25) is 0 Å². The predicted octanol–water partition coefficient (Wildman–Crippen LogP) is -1.49. The van der Waals surface area contributed by atoms with Crippen molar-refractivity contribution >= 4 is 3.26 Å². The van der Waals surface area contributed by atoms with Gasteiger partial charge in [-0.05, 0) is 0 Å². The second-order valence-electron chi connectivity index (χ2n) is 0.414. The van der Waals surface area contributed by atoms with Crippen LogP contribution in [-0.4, -0.2) is 13.3 Å². The van der Waals surface area contributed by atoms with E-state index in [0.29, 0.717) is 33.5 Å². The van der Waals surface area contributed by atoms with Crippen LogP contribution < -0.4 is 0 Å². The van der Waals surface area contributed by atoms with Crippen molar-refractivity contribution in [1.82, 2.24) is 0 Å². The molecule has 4 heteroatoms. The van der Waals surface area contributed by atoms with Crippen molar-refractivity contribution in [3.05, 3.63) is 0 Å². The molecule has 0 aliphatic carbocycles. The first-order valence-corrected chi connectivity index (χ1v) is 2.94. The molecule has 0 aliphatic heterocycles. The molecule has 0 amide bonds. The number of rotatable bonds is 0. The molecule has 0 aromatic heterocycles. The van der Waals surface area contributed by atoms with Gasteiger partial charge in [0.2, 0.25) is 0 Å². The van der Waals surface area contributed by atoms with E-state index >= 15 is 0 Å². The van der Waals surface area contributed by atoms with Crippen LogP contribution in [-0.2, 0) is 0 Å². The molecule has 0 heterocycles. The van der Waals surface area contributed by atoms with Crippen molar-refractivity contribution in [2.75, 3.05) is 0 Å². The molecule has 0 saturated heterocycles. The summed E-state index contributed by atoms with van der Waals surface area (Å²) in [5.74, 6) is 0.